The van der Waals surface area contributed by atoms with Gasteiger partial charge in [0.1, 0.15) is 10.8 Å². The summed E-state index contributed by atoms with van der Waals surface area (Å²) in [4.78, 5) is 14.7. The van der Waals surface area contributed by atoms with Crippen molar-refractivity contribution in [2.75, 3.05) is 0 Å². The van der Waals surface area contributed by atoms with E-state index in [2.05, 4.69) is 20.9 Å². The lowest BCUT2D eigenvalue weighted by Gasteiger charge is -2.00. The highest BCUT2D eigenvalue weighted by Gasteiger charge is 2.11. The van der Waals surface area contributed by atoms with Crippen molar-refractivity contribution in [1.29, 1.82) is 0 Å². The monoisotopic (exact) mass is 315 g/mol. The van der Waals surface area contributed by atoms with Gasteiger partial charge in [-0.1, -0.05) is 15.9 Å². The number of thiazole rings is 1. The Balaban J connectivity index is 2.36. The van der Waals surface area contributed by atoms with E-state index in [9.17, 15) is 9.18 Å². The first-order chi connectivity index (χ1) is 8.06. The molecule has 0 atom stereocenters. The molecule has 1 aromatic heterocycles. The Morgan fingerprint density at radius 2 is 2.29 bits per heavy atom. The zero-order valence-corrected chi connectivity index (χ0v) is 10.9. The Hall–Kier alpha value is -1.27. The maximum atomic E-state index is 13.1. The average molecular weight is 316 g/mol. The number of carboxylic acid groups (broad SMARTS) is 1. The molecule has 1 heterocycles. The third-order valence-electron chi connectivity index (χ3n) is 2.04. The van der Waals surface area contributed by atoms with Crippen LogP contribution in [0.5, 0.6) is 0 Å². The van der Waals surface area contributed by atoms with Gasteiger partial charge >= 0.3 is 5.97 Å². The fourth-order valence-corrected chi connectivity index (χ4v) is 2.74. The Labute approximate surface area is 109 Å². The number of hydrogen-bond donors (Lipinski definition) is 1. The summed E-state index contributed by atoms with van der Waals surface area (Å²) in [6.07, 6.45) is -0.122. The Kier molecular flexibility index (Phi) is 3.54. The first kappa shape index (κ1) is 12.2. The molecule has 0 unspecified atom stereocenters. The lowest BCUT2D eigenvalue weighted by atomic mass is 10.2. The number of aromatic nitrogens is 1. The molecule has 0 aliphatic rings. The standard InChI is InChI=1S/C11H7BrFNO2S/c12-9-2-1-6(13)3-8(9)11-14-7(5-17-11)4-10(15)16/h1-3,5H,4H2,(H,15,16). The van der Waals surface area contributed by atoms with Gasteiger partial charge in [0, 0.05) is 15.4 Å². The van der Waals surface area contributed by atoms with E-state index in [4.69, 9.17) is 5.11 Å². The van der Waals surface area contributed by atoms with Crippen LogP contribution in [-0.4, -0.2) is 16.1 Å². The Bertz CT molecular complexity index is 570. The summed E-state index contributed by atoms with van der Waals surface area (Å²) in [6, 6.07) is 4.32. The summed E-state index contributed by atoms with van der Waals surface area (Å²) in [5.74, 6) is -1.28. The second-order valence-corrected chi connectivity index (χ2v) is 5.05. The molecule has 0 spiro atoms. The molecule has 1 aromatic carbocycles. The number of rotatable bonds is 3. The summed E-state index contributed by atoms with van der Waals surface area (Å²) in [5, 5.41) is 10.9. The second kappa shape index (κ2) is 4.93. The Morgan fingerprint density at radius 3 is 3.00 bits per heavy atom. The lowest BCUT2D eigenvalue weighted by Crippen LogP contribution is -1.99. The molecule has 0 aliphatic heterocycles. The lowest BCUT2D eigenvalue weighted by molar-refractivity contribution is -0.136. The van der Waals surface area contributed by atoms with Crippen LogP contribution in [0, 0.1) is 5.82 Å². The molecule has 17 heavy (non-hydrogen) atoms. The van der Waals surface area contributed by atoms with Gasteiger partial charge in [-0.05, 0) is 18.2 Å². The van der Waals surface area contributed by atoms with Crippen molar-refractivity contribution in [3.8, 4) is 10.6 Å². The number of nitrogens with zero attached hydrogens (tertiary/aromatic N) is 1. The summed E-state index contributed by atoms with van der Waals surface area (Å²) in [5.41, 5.74) is 1.11. The van der Waals surface area contributed by atoms with Gasteiger partial charge in [0.15, 0.2) is 0 Å². The number of halogens is 2. The van der Waals surface area contributed by atoms with Gasteiger partial charge in [-0.15, -0.1) is 11.3 Å². The number of carboxylic acids is 1. The molecule has 0 amide bonds. The first-order valence-electron chi connectivity index (χ1n) is 4.68. The molecule has 0 saturated carbocycles. The van der Waals surface area contributed by atoms with Crippen molar-refractivity contribution in [3.05, 3.63) is 39.6 Å². The van der Waals surface area contributed by atoms with Crippen molar-refractivity contribution >= 4 is 33.2 Å². The summed E-state index contributed by atoms with van der Waals surface area (Å²) in [7, 11) is 0. The van der Waals surface area contributed by atoms with Crippen LogP contribution in [0.15, 0.2) is 28.1 Å². The molecule has 0 aliphatic carbocycles. The van der Waals surface area contributed by atoms with E-state index in [-0.39, 0.29) is 12.2 Å². The van der Waals surface area contributed by atoms with E-state index >= 15 is 0 Å². The normalized spacial score (nSPS) is 10.5. The highest BCUT2D eigenvalue weighted by atomic mass is 79.9. The minimum absolute atomic E-state index is 0.122. The molecule has 0 saturated heterocycles. The van der Waals surface area contributed by atoms with E-state index < -0.39 is 5.97 Å². The van der Waals surface area contributed by atoms with Crippen LogP contribution < -0.4 is 0 Å². The molecule has 2 aromatic rings. The minimum Gasteiger partial charge on any atom is -0.481 e. The van der Waals surface area contributed by atoms with E-state index in [1.807, 2.05) is 0 Å². The van der Waals surface area contributed by atoms with Crippen LogP contribution in [0.2, 0.25) is 0 Å². The molecular formula is C11H7BrFNO2S. The quantitative estimate of drug-likeness (QED) is 0.945. The molecule has 88 valence electrons. The largest absolute Gasteiger partial charge is 0.481 e. The zero-order chi connectivity index (χ0) is 12.4. The van der Waals surface area contributed by atoms with Crippen LogP contribution in [0.4, 0.5) is 4.39 Å². The molecule has 3 nitrogen and oxygen atoms in total. The molecule has 2 rings (SSSR count). The highest BCUT2D eigenvalue weighted by Crippen LogP contribution is 2.31. The molecule has 0 bridgehead atoms. The minimum atomic E-state index is -0.930. The summed E-state index contributed by atoms with van der Waals surface area (Å²) >= 11 is 4.61. The van der Waals surface area contributed by atoms with Gasteiger partial charge in [0.05, 0.1) is 12.1 Å². The van der Waals surface area contributed by atoms with Crippen molar-refractivity contribution in [1.82, 2.24) is 4.98 Å². The molecule has 6 heteroatoms. The number of hydrogen-bond acceptors (Lipinski definition) is 3. The van der Waals surface area contributed by atoms with Crippen LogP contribution in [0.25, 0.3) is 10.6 Å². The number of aliphatic carboxylic acids is 1. The number of carbonyl (C=O) groups is 1. The molecule has 0 fully saturated rings. The fourth-order valence-electron chi connectivity index (χ4n) is 1.33. The van der Waals surface area contributed by atoms with Gasteiger partial charge < -0.3 is 5.11 Å². The van der Waals surface area contributed by atoms with Crippen molar-refractivity contribution in [3.63, 3.8) is 0 Å². The SMILES string of the molecule is O=C(O)Cc1csc(-c2cc(F)ccc2Br)n1. The van der Waals surface area contributed by atoms with Gasteiger partial charge in [-0.25, -0.2) is 9.37 Å². The maximum absolute atomic E-state index is 13.1. The third-order valence-corrected chi connectivity index (χ3v) is 3.66. The maximum Gasteiger partial charge on any atom is 0.309 e. The Morgan fingerprint density at radius 1 is 1.53 bits per heavy atom. The van der Waals surface area contributed by atoms with Gasteiger partial charge in [0.25, 0.3) is 0 Å². The molecule has 0 radical (unpaired) electrons. The van der Waals surface area contributed by atoms with Crippen LogP contribution in [-0.2, 0) is 11.2 Å². The van der Waals surface area contributed by atoms with E-state index in [1.165, 1.54) is 23.5 Å². The fraction of sp³-hybridized carbons (Fsp3) is 0.0909. The van der Waals surface area contributed by atoms with Crippen molar-refractivity contribution in [2.24, 2.45) is 0 Å². The molecular weight excluding hydrogens is 309 g/mol. The predicted octanol–water partition coefficient (Wildman–Crippen LogP) is 3.34. The summed E-state index contributed by atoms with van der Waals surface area (Å²) < 4.78 is 13.8. The van der Waals surface area contributed by atoms with E-state index in [0.29, 0.717) is 16.3 Å². The van der Waals surface area contributed by atoms with Crippen LogP contribution in [0.1, 0.15) is 5.69 Å². The second-order valence-electron chi connectivity index (χ2n) is 3.34. The molecule has 1 N–H and O–H groups in total. The smallest absolute Gasteiger partial charge is 0.309 e. The predicted molar refractivity (Wildman–Crippen MR) is 66.5 cm³/mol. The summed E-state index contributed by atoms with van der Waals surface area (Å²) in [6.45, 7) is 0. The topological polar surface area (TPSA) is 50.2 Å². The average Bonchev–Trinajstić information content (AvgIpc) is 2.69. The van der Waals surface area contributed by atoms with Crippen molar-refractivity contribution < 1.29 is 14.3 Å². The first-order valence-corrected chi connectivity index (χ1v) is 6.35. The van der Waals surface area contributed by atoms with Gasteiger partial charge in [-0.2, -0.15) is 0 Å². The number of benzene rings is 1. The van der Waals surface area contributed by atoms with E-state index in [0.717, 1.165) is 4.47 Å². The van der Waals surface area contributed by atoms with Crippen molar-refractivity contribution in [2.45, 2.75) is 6.42 Å². The van der Waals surface area contributed by atoms with E-state index in [1.54, 1.807) is 11.4 Å². The van der Waals surface area contributed by atoms with Crippen LogP contribution in [0.3, 0.4) is 0 Å². The highest BCUT2D eigenvalue weighted by molar-refractivity contribution is 9.10. The van der Waals surface area contributed by atoms with Gasteiger partial charge in [-0.3, -0.25) is 4.79 Å². The van der Waals surface area contributed by atoms with Gasteiger partial charge in [0.2, 0.25) is 0 Å². The third kappa shape index (κ3) is 2.89. The van der Waals surface area contributed by atoms with Crippen LogP contribution >= 0.6 is 27.3 Å². The zero-order valence-electron chi connectivity index (χ0n) is 8.48.